The molecule has 22 heavy (non-hydrogen) atoms. The fourth-order valence-electron chi connectivity index (χ4n) is 3.01. The molecular formula is C16H23N3O3. The lowest BCUT2D eigenvalue weighted by Crippen LogP contribution is -2.46. The summed E-state index contributed by atoms with van der Waals surface area (Å²) in [5, 5.41) is 2.87. The molecule has 0 spiro atoms. The first-order chi connectivity index (χ1) is 10.4. The molecule has 1 aromatic heterocycles. The molecule has 1 aromatic rings. The molecule has 1 saturated heterocycles. The molecule has 0 radical (unpaired) electrons. The highest BCUT2D eigenvalue weighted by Gasteiger charge is 2.49. The van der Waals surface area contributed by atoms with Gasteiger partial charge in [-0.1, -0.05) is 26.7 Å². The Morgan fingerprint density at radius 2 is 1.77 bits per heavy atom. The summed E-state index contributed by atoms with van der Waals surface area (Å²) in [4.78, 5) is 37.8. The Morgan fingerprint density at radius 1 is 1.14 bits per heavy atom. The summed E-state index contributed by atoms with van der Waals surface area (Å²) in [5.74, 6) is -0.179. The number of nitrogens with zero attached hydrogens (tertiary/aromatic N) is 2. The first-order valence-corrected chi connectivity index (χ1v) is 7.73. The number of amides is 3. The maximum Gasteiger partial charge on any atom is 0.325 e. The van der Waals surface area contributed by atoms with Crippen molar-refractivity contribution >= 4 is 11.9 Å². The summed E-state index contributed by atoms with van der Waals surface area (Å²) in [6.07, 6.45) is 4.57. The van der Waals surface area contributed by atoms with Crippen LogP contribution in [0.15, 0.2) is 23.1 Å². The van der Waals surface area contributed by atoms with E-state index in [2.05, 4.69) is 5.32 Å². The third-order valence-corrected chi connectivity index (χ3v) is 4.11. The van der Waals surface area contributed by atoms with Crippen LogP contribution in [0.2, 0.25) is 0 Å². The quantitative estimate of drug-likeness (QED) is 0.814. The first kappa shape index (κ1) is 16.3. The fourth-order valence-corrected chi connectivity index (χ4v) is 3.01. The van der Waals surface area contributed by atoms with Crippen molar-refractivity contribution in [3.8, 4) is 0 Å². The van der Waals surface area contributed by atoms with Gasteiger partial charge in [0.15, 0.2) is 0 Å². The van der Waals surface area contributed by atoms with Crippen LogP contribution in [0.1, 0.15) is 45.1 Å². The molecule has 120 valence electrons. The maximum absolute atomic E-state index is 12.7. The number of imide groups is 1. The zero-order valence-corrected chi connectivity index (χ0v) is 13.4. The molecule has 6 heteroatoms. The van der Waals surface area contributed by atoms with Crippen LogP contribution in [-0.4, -0.2) is 26.9 Å². The third-order valence-electron chi connectivity index (χ3n) is 4.11. The minimum atomic E-state index is -0.777. The maximum atomic E-state index is 12.7. The van der Waals surface area contributed by atoms with Gasteiger partial charge in [-0.25, -0.2) is 4.79 Å². The van der Waals surface area contributed by atoms with Crippen LogP contribution in [0, 0.1) is 0 Å². The van der Waals surface area contributed by atoms with Crippen LogP contribution in [0.4, 0.5) is 4.79 Å². The van der Waals surface area contributed by atoms with E-state index in [1.807, 2.05) is 13.8 Å². The van der Waals surface area contributed by atoms with E-state index in [0.29, 0.717) is 18.4 Å². The number of carbonyl (C=O) groups is 2. The lowest BCUT2D eigenvalue weighted by Gasteiger charge is -2.25. The Bertz CT molecular complexity index is 630. The standard InChI is InChI=1S/C16H23N3O3/c1-4-7-16(8-5-2)14(21)19(15(22)17-16)11-12-6-9-18(3)13(20)10-12/h6,9-10H,4-5,7-8,11H2,1-3H3,(H,17,22). The molecule has 1 fully saturated rings. The molecule has 3 amide bonds. The van der Waals surface area contributed by atoms with Crippen LogP contribution in [0.3, 0.4) is 0 Å². The predicted octanol–water partition coefficient (Wildman–Crippen LogP) is 1.78. The van der Waals surface area contributed by atoms with Crippen molar-refractivity contribution in [2.45, 2.75) is 51.6 Å². The summed E-state index contributed by atoms with van der Waals surface area (Å²) in [7, 11) is 1.66. The highest BCUT2D eigenvalue weighted by atomic mass is 16.2. The van der Waals surface area contributed by atoms with Crippen molar-refractivity contribution < 1.29 is 9.59 Å². The monoisotopic (exact) mass is 305 g/mol. The lowest BCUT2D eigenvalue weighted by molar-refractivity contribution is -0.132. The smallest absolute Gasteiger partial charge is 0.323 e. The minimum Gasteiger partial charge on any atom is -0.323 e. The molecule has 0 aromatic carbocycles. The van der Waals surface area contributed by atoms with Crippen molar-refractivity contribution in [3.05, 3.63) is 34.2 Å². The number of aryl methyl sites for hydroxylation is 1. The average molecular weight is 305 g/mol. The zero-order chi connectivity index (χ0) is 16.3. The Labute approximate surface area is 130 Å². The van der Waals surface area contributed by atoms with E-state index in [0.717, 1.165) is 12.8 Å². The van der Waals surface area contributed by atoms with Crippen LogP contribution < -0.4 is 10.9 Å². The van der Waals surface area contributed by atoms with E-state index < -0.39 is 5.54 Å². The Hall–Kier alpha value is -2.11. The molecule has 0 atom stereocenters. The van der Waals surface area contributed by atoms with E-state index in [-0.39, 0.29) is 24.0 Å². The molecule has 2 heterocycles. The second kappa shape index (κ2) is 6.34. The summed E-state index contributed by atoms with van der Waals surface area (Å²) in [6, 6.07) is 2.84. The molecule has 0 saturated carbocycles. The largest absolute Gasteiger partial charge is 0.325 e. The SMILES string of the molecule is CCCC1(CCC)NC(=O)N(Cc2ccn(C)c(=O)c2)C1=O. The molecule has 1 N–H and O–H groups in total. The zero-order valence-electron chi connectivity index (χ0n) is 13.4. The second-order valence-corrected chi connectivity index (χ2v) is 5.89. The van der Waals surface area contributed by atoms with Gasteiger partial charge in [0, 0.05) is 19.3 Å². The van der Waals surface area contributed by atoms with Gasteiger partial charge in [-0.05, 0) is 24.5 Å². The molecular weight excluding hydrogens is 282 g/mol. The van der Waals surface area contributed by atoms with Gasteiger partial charge in [-0.15, -0.1) is 0 Å². The number of hydrogen-bond donors (Lipinski definition) is 1. The normalized spacial score (nSPS) is 17.0. The van der Waals surface area contributed by atoms with Crippen molar-refractivity contribution in [3.63, 3.8) is 0 Å². The molecule has 6 nitrogen and oxygen atoms in total. The van der Waals surface area contributed by atoms with Gasteiger partial charge in [-0.2, -0.15) is 0 Å². The molecule has 0 bridgehead atoms. The van der Waals surface area contributed by atoms with Gasteiger partial charge in [0.2, 0.25) is 0 Å². The summed E-state index contributed by atoms with van der Waals surface area (Å²) >= 11 is 0. The average Bonchev–Trinajstić information content (AvgIpc) is 2.68. The first-order valence-electron chi connectivity index (χ1n) is 7.73. The number of carbonyl (C=O) groups excluding carboxylic acids is 2. The molecule has 2 rings (SSSR count). The van der Waals surface area contributed by atoms with Crippen LogP contribution in [0.5, 0.6) is 0 Å². The van der Waals surface area contributed by atoms with Crippen LogP contribution in [-0.2, 0) is 18.4 Å². The van der Waals surface area contributed by atoms with Crippen molar-refractivity contribution in [2.24, 2.45) is 7.05 Å². The van der Waals surface area contributed by atoms with E-state index in [9.17, 15) is 14.4 Å². The lowest BCUT2D eigenvalue weighted by atomic mass is 9.88. The van der Waals surface area contributed by atoms with Gasteiger partial charge in [0.1, 0.15) is 5.54 Å². The Morgan fingerprint density at radius 3 is 2.32 bits per heavy atom. The van der Waals surface area contributed by atoms with E-state index in [1.54, 1.807) is 19.3 Å². The highest BCUT2D eigenvalue weighted by Crippen LogP contribution is 2.28. The minimum absolute atomic E-state index is 0.135. The van der Waals surface area contributed by atoms with E-state index in [1.165, 1.54) is 15.5 Å². The molecule has 1 aliphatic heterocycles. The van der Waals surface area contributed by atoms with Crippen LogP contribution in [0.25, 0.3) is 0 Å². The summed E-state index contributed by atoms with van der Waals surface area (Å²) in [6.45, 7) is 4.14. The molecule has 0 aliphatic carbocycles. The van der Waals surface area contributed by atoms with E-state index >= 15 is 0 Å². The van der Waals surface area contributed by atoms with Crippen molar-refractivity contribution in [1.29, 1.82) is 0 Å². The fraction of sp³-hybridized carbons (Fsp3) is 0.562. The van der Waals surface area contributed by atoms with Crippen molar-refractivity contribution in [2.75, 3.05) is 0 Å². The molecule has 0 unspecified atom stereocenters. The number of hydrogen-bond acceptors (Lipinski definition) is 3. The molecule has 1 aliphatic rings. The van der Waals surface area contributed by atoms with Gasteiger partial charge in [-0.3, -0.25) is 14.5 Å². The summed E-state index contributed by atoms with van der Waals surface area (Å²) in [5.41, 5.74) is -0.270. The third kappa shape index (κ3) is 2.91. The van der Waals surface area contributed by atoms with Gasteiger partial charge >= 0.3 is 6.03 Å². The Balaban J connectivity index is 2.24. The number of pyridine rings is 1. The van der Waals surface area contributed by atoms with E-state index in [4.69, 9.17) is 0 Å². The number of urea groups is 1. The highest BCUT2D eigenvalue weighted by molar-refractivity contribution is 6.06. The van der Waals surface area contributed by atoms with Crippen LogP contribution >= 0.6 is 0 Å². The predicted molar refractivity (Wildman–Crippen MR) is 83.3 cm³/mol. The number of aromatic nitrogens is 1. The van der Waals surface area contributed by atoms with Crippen molar-refractivity contribution in [1.82, 2.24) is 14.8 Å². The summed E-state index contributed by atoms with van der Waals surface area (Å²) < 4.78 is 1.45. The van der Waals surface area contributed by atoms with Gasteiger partial charge < -0.3 is 9.88 Å². The van der Waals surface area contributed by atoms with Gasteiger partial charge in [0.25, 0.3) is 11.5 Å². The second-order valence-electron chi connectivity index (χ2n) is 5.89. The van der Waals surface area contributed by atoms with Gasteiger partial charge in [0.05, 0.1) is 6.54 Å². The Kier molecular flexibility index (Phi) is 4.68. The number of rotatable bonds is 6. The topological polar surface area (TPSA) is 71.4 Å². The number of nitrogens with one attached hydrogen (secondary N) is 1.